The molecule has 6 heteroatoms. The monoisotopic (exact) mass is 320 g/mol. The molecule has 2 aromatic heterocycles. The largest absolute Gasteiger partial charge is 0.452 e. The number of fused-ring (bicyclic) bond motifs is 1. The van der Waals surface area contributed by atoms with Crippen LogP contribution in [0.25, 0.3) is 10.9 Å². The summed E-state index contributed by atoms with van der Waals surface area (Å²) in [4.78, 5) is 10.3. The molecule has 0 fully saturated rings. The van der Waals surface area contributed by atoms with E-state index in [1.807, 2.05) is 29.0 Å². The van der Waals surface area contributed by atoms with E-state index in [9.17, 15) is 10.1 Å². The number of benzene rings is 1. The number of hydrogen-bond donors (Lipinski definition) is 0. The van der Waals surface area contributed by atoms with Gasteiger partial charge in [-0.3, -0.25) is 10.1 Å². The van der Waals surface area contributed by atoms with Crippen molar-refractivity contribution in [2.75, 3.05) is 0 Å². The lowest BCUT2D eigenvalue weighted by Crippen LogP contribution is -1.96. The Morgan fingerprint density at radius 2 is 2.11 bits per heavy atom. The number of hydrogen-bond acceptors (Lipinski definition) is 3. The quantitative estimate of drug-likeness (QED) is 0.542. The summed E-state index contributed by atoms with van der Waals surface area (Å²) in [5.74, 6) is 0.822. The van der Waals surface area contributed by atoms with Gasteiger partial charge in [-0.1, -0.05) is 0 Å². The summed E-state index contributed by atoms with van der Waals surface area (Å²) >= 11 is 3.26. The van der Waals surface area contributed by atoms with Gasteiger partial charge < -0.3 is 8.98 Å². The first-order valence-corrected chi connectivity index (χ1v) is 6.40. The maximum Gasteiger partial charge on any atom is 0.270 e. The molecule has 0 unspecified atom stereocenters. The van der Waals surface area contributed by atoms with Crippen molar-refractivity contribution in [2.45, 2.75) is 6.54 Å². The molecule has 0 aliphatic heterocycles. The Morgan fingerprint density at radius 1 is 1.26 bits per heavy atom. The van der Waals surface area contributed by atoms with Crippen molar-refractivity contribution in [2.24, 2.45) is 0 Å². The van der Waals surface area contributed by atoms with Crippen molar-refractivity contribution in [1.82, 2.24) is 4.57 Å². The van der Waals surface area contributed by atoms with E-state index in [0.717, 1.165) is 16.7 Å². The molecule has 0 bridgehead atoms. The number of rotatable bonds is 3. The molecule has 5 nitrogen and oxygen atoms in total. The van der Waals surface area contributed by atoms with Gasteiger partial charge in [-0.15, -0.1) is 0 Å². The fraction of sp³-hybridized carbons (Fsp3) is 0.0769. The van der Waals surface area contributed by atoms with Crippen LogP contribution in [0.3, 0.4) is 0 Å². The predicted octanol–water partition coefficient (Wildman–Crippen LogP) is 3.95. The third-order valence-corrected chi connectivity index (χ3v) is 3.35. The van der Waals surface area contributed by atoms with E-state index in [1.165, 1.54) is 6.07 Å². The first-order valence-electron chi connectivity index (χ1n) is 5.61. The molecule has 0 saturated heterocycles. The highest BCUT2D eigenvalue weighted by Crippen LogP contribution is 2.23. The minimum Gasteiger partial charge on any atom is -0.452 e. The molecule has 1 aromatic carbocycles. The summed E-state index contributed by atoms with van der Waals surface area (Å²) in [6, 6.07) is 10.4. The van der Waals surface area contributed by atoms with Gasteiger partial charge in [0.05, 0.1) is 11.5 Å². The zero-order valence-electron chi connectivity index (χ0n) is 9.75. The van der Waals surface area contributed by atoms with E-state index >= 15 is 0 Å². The van der Waals surface area contributed by atoms with E-state index < -0.39 is 0 Å². The molecule has 96 valence electrons. The molecule has 0 N–H and O–H groups in total. The molecule has 0 spiro atoms. The van der Waals surface area contributed by atoms with Crippen molar-refractivity contribution < 1.29 is 9.34 Å². The number of furan rings is 1. The molecular weight excluding hydrogens is 312 g/mol. The van der Waals surface area contributed by atoms with Crippen LogP contribution in [0.4, 0.5) is 5.69 Å². The molecule has 0 amide bonds. The molecule has 3 aromatic rings. The third-order valence-electron chi connectivity index (χ3n) is 2.92. The van der Waals surface area contributed by atoms with Crippen LogP contribution < -0.4 is 0 Å². The Bertz CT molecular complexity index is 760. The summed E-state index contributed by atoms with van der Waals surface area (Å²) in [6.45, 7) is 0.590. The number of nitrogens with zero attached hydrogens (tertiary/aromatic N) is 2. The number of nitro benzene ring substituents is 1. The molecule has 2 heterocycles. The lowest BCUT2D eigenvalue weighted by atomic mass is 10.2. The Morgan fingerprint density at radius 3 is 2.79 bits per heavy atom. The number of non-ortho nitro benzene ring substituents is 1. The van der Waals surface area contributed by atoms with Gasteiger partial charge >= 0.3 is 0 Å². The van der Waals surface area contributed by atoms with E-state index in [0.29, 0.717) is 11.2 Å². The average Bonchev–Trinajstić information content (AvgIpc) is 2.96. The molecule has 0 aliphatic carbocycles. The number of nitro groups is 1. The second-order valence-corrected chi connectivity index (χ2v) is 4.93. The Kier molecular flexibility index (Phi) is 2.87. The highest BCUT2D eigenvalue weighted by atomic mass is 79.9. The number of aromatic nitrogens is 1. The van der Waals surface area contributed by atoms with Crippen molar-refractivity contribution >= 4 is 32.5 Å². The topological polar surface area (TPSA) is 61.2 Å². The van der Waals surface area contributed by atoms with Gasteiger partial charge in [-0.2, -0.15) is 0 Å². The fourth-order valence-electron chi connectivity index (χ4n) is 2.04. The maximum absolute atomic E-state index is 10.7. The van der Waals surface area contributed by atoms with Gasteiger partial charge in [-0.25, -0.2) is 0 Å². The van der Waals surface area contributed by atoms with Crippen molar-refractivity contribution in [3.05, 3.63) is 63.1 Å². The molecule has 0 atom stereocenters. The molecule has 19 heavy (non-hydrogen) atoms. The lowest BCUT2D eigenvalue weighted by molar-refractivity contribution is -0.384. The standard InChI is InChI=1S/C13H9BrN2O3/c14-13-4-2-11(19-13)8-15-6-5-9-7-10(16(17)18)1-3-12(9)15/h1-7H,8H2. The second-order valence-electron chi connectivity index (χ2n) is 4.15. The van der Waals surface area contributed by atoms with Gasteiger partial charge in [0.25, 0.3) is 5.69 Å². The first kappa shape index (κ1) is 12.0. The number of halogens is 1. The zero-order chi connectivity index (χ0) is 13.4. The second kappa shape index (κ2) is 4.55. The van der Waals surface area contributed by atoms with Crippen molar-refractivity contribution in [3.8, 4) is 0 Å². The van der Waals surface area contributed by atoms with E-state index in [1.54, 1.807) is 12.1 Å². The van der Waals surface area contributed by atoms with Crippen LogP contribution in [0.1, 0.15) is 5.76 Å². The summed E-state index contributed by atoms with van der Waals surface area (Å²) < 4.78 is 8.14. The van der Waals surface area contributed by atoms with Crippen LogP contribution in [-0.4, -0.2) is 9.49 Å². The summed E-state index contributed by atoms with van der Waals surface area (Å²) in [6.07, 6.45) is 1.89. The highest BCUT2D eigenvalue weighted by Gasteiger charge is 2.09. The van der Waals surface area contributed by atoms with Crippen LogP contribution in [0.2, 0.25) is 0 Å². The SMILES string of the molecule is O=[N+]([O-])c1ccc2c(ccn2Cc2ccc(Br)o2)c1. The Labute approximate surface area is 116 Å². The van der Waals surface area contributed by atoms with E-state index in [2.05, 4.69) is 15.9 Å². The Hall–Kier alpha value is -2.08. The maximum atomic E-state index is 10.7. The highest BCUT2D eigenvalue weighted by molar-refractivity contribution is 9.10. The van der Waals surface area contributed by atoms with Crippen molar-refractivity contribution in [1.29, 1.82) is 0 Å². The smallest absolute Gasteiger partial charge is 0.270 e. The van der Waals surface area contributed by atoms with Gasteiger partial charge in [0.1, 0.15) is 5.76 Å². The normalized spacial score (nSPS) is 11.0. The Balaban J connectivity index is 1.99. The summed E-state index contributed by atoms with van der Waals surface area (Å²) in [5, 5.41) is 11.6. The van der Waals surface area contributed by atoms with Crippen LogP contribution in [0.5, 0.6) is 0 Å². The first-order chi connectivity index (χ1) is 9.13. The van der Waals surface area contributed by atoms with Gasteiger partial charge in [0, 0.05) is 29.2 Å². The predicted molar refractivity (Wildman–Crippen MR) is 74.1 cm³/mol. The van der Waals surface area contributed by atoms with Crippen LogP contribution in [0, 0.1) is 10.1 Å². The van der Waals surface area contributed by atoms with Gasteiger partial charge in [-0.05, 0) is 40.2 Å². The van der Waals surface area contributed by atoms with E-state index in [4.69, 9.17) is 4.42 Å². The third kappa shape index (κ3) is 2.26. The molecule has 0 radical (unpaired) electrons. The van der Waals surface area contributed by atoms with Crippen LogP contribution in [0.15, 0.2) is 51.7 Å². The summed E-state index contributed by atoms with van der Waals surface area (Å²) in [7, 11) is 0. The average molecular weight is 321 g/mol. The van der Waals surface area contributed by atoms with Gasteiger partial charge in [0.15, 0.2) is 4.67 Å². The fourth-order valence-corrected chi connectivity index (χ4v) is 2.38. The lowest BCUT2D eigenvalue weighted by Gasteiger charge is -2.02. The summed E-state index contributed by atoms with van der Waals surface area (Å²) in [5.41, 5.74) is 1.05. The van der Waals surface area contributed by atoms with E-state index in [-0.39, 0.29) is 10.6 Å². The zero-order valence-corrected chi connectivity index (χ0v) is 11.3. The van der Waals surface area contributed by atoms with Crippen LogP contribution >= 0.6 is 15.9 Å². The molecule has 0 aliphatic rings. The minimum atomic E-state index is -0.388. The molecule has 3 rings (SSSR count). The van der Waals surface area contributed by atoms with Gasteiger partial charge in [0.2, 0.25) is 0 Å². The van der Waals surface area contributed by atoms with Crippen LogP contribution in [-0.2, 0) is 6.54 Å². The minimum absolute atomic E-state index is 0.103. The molecular formula is C13H9BrN2O3. The van der Waals surface area contributed by atoms with Crippen molar-refractivity contribution in [3.63, 3.8) is 0 Å². The molecule has 0 saturated carbocycles.